The zero-order valence-electron chi connectivity index (χ0n) is 14.2. The molecule has 0 saturated heterocycles. The third-order valence-electron chi connectivity index (χ3n) is 4.74. The average Bonchev–Trinajstić information content (AvgIpc) is 2.93. The fourth-order valence-electron chi connectivity index (χ4n) is 3.12. The van der Waals surface area contributed by atoms with E-state index in [2.05, 4.69) is 15.8 Å². The first-order chi connectivity index (χ1) is 11.4. The number of nitrogens with one attached hydrogen (secondary N) is 1. The van der Waals surface area contributed by atoms with Crippen molar-refractivity contribution in [1.82, 2.24) is 14.3 Å². The maximum Gasteiger partial charge on any atom is 0.259 e. The molecule has 7 heteroatoms. The highest BCUT2D eigenvalue weighted by Gasteiger charge is 2.37. The Morgan fingerprint density at radius 1 is 1.38 bits per heavy atom. The van der Waals surface area contributed by atoms with Gasteiger partial charge in [-0.15, -0.1) is 0 Å². The van der Waals surface area contributed by atoms with E-state index in [1.54, 1.807) is 18.5 Å². The average molecular weight is 349 g/mol. The van der Waals surface area contributed by atoms with Crippen molar-refractivity contribution < 1.29 is 13.2 Å². The molecule has 1 unspecified atom stereocenters. The van der Waals surface area contributed by atoms with Gasteiger partial charge in [0.05, 0.1) is 6.61 Å². The Morgan fingerprint density at radius 3 is 2.79 bits per heavy atom. The Morgan fingerprint density at radius 2 is 2.12 bits per heavy atom. The summed E-state index contributed by atoms with van der Waals surface area (Å²) in [6.45, 7) is 4.57. The summed E-state index contributed by atoms with van der Waals surface area (Å²) in [5.74, 6) is 0.653. The molecule has 1 N–H and O–H groups in total. The van der Waals surface area contributed by atoms with Crippen molar-refractivity contribution in [3.8, 4) is 0 Å². The molecular weight excluding hydrogens is 326 g/mol. The molecule has 0 spiro atoms. The van der Waals surface area contributed by atoms with Crippen LogP contribution in [0.1, 0.15) is 30.3 Å². The van der Waals surface area contributed by atoms with Gasteiger partial charge in [-0.2, -0.15) is 0 Å². The van der Waals surface area contributed by atoms with Gasteiger partial charge in [-0.25, -0.2) is 18.1 Å². The van der Waals surface area contributed by atoms with E-state index in [9.17, 15) is 8.42 Å². The molecule has 6 nitrogen and oxygen atoms in total. The number of ether oxygens (including phenoxy) is 1. The zero-order valence-corrected chi connectivity index (χ0v) is 15.1. The largest absolute Gasteiger partial charge is 0.369 e. The van der Waals surface area contributed by atoms with Gasteiger partial charge in [0.2, 0.25) is 0 Å². The van der Waals surface area contributed by atoms with E-state index in [0.29, 0.717) is 18.9 Å². The maximum absolute atomic E-state index is 12.6. The predicted octanol–water partition coefficient (Wildman–Crippen LogP) is 1.89. The molecule has 1 aliphatic heterocycles. The lowest BCUT2D eigenvalue weighted by Gasteiger charge is -2.38. The van der Waals surface area contributed by atoms with Crippen molar-refractivity contribution in [2.24, 2.45) is 7.05 Å². The lowest BCUT2D eigenvalue weighted by atomic mass is 9.84. The number of aryl methyl sites for hydroxylation is 2. The van der Waals surface area contributed by atoms with Crippen molar-refractivity contribution in [3.63, 3.8) is 0 Å². The molecule has 2 aromatic rings. The van der Waals surface area contributed by atoms with Gasteiger partial charge in [0.25, 0.3) is 10.0 Å². The monoisotopic (exact) mass is 349 g/mol. The van der Waals surface area contributed by atoms with Crippen LogP contribution >= 0.6 is 0 Å². The van der Waals surface area contributed by atoms with Crippen molar-refractivity contribution in [2.75, 3.05) is 13.2 Å². The van der Waals surface area contributed by atoms with Crippen LogP contribution in [0.5, 0.6) is 0 Å². The van der Waals surface area contributed by atoms with E-state index in [1.165, 1.54) is 11.8 Å². The molecule has 0 aliphatic carbocycles. The molecule has 1 atom stereocenters. The number of hydrogen-bond donors (Lipinski definition) is 1. The minimum atomic E-state index is -3.67. The van der Waals surface area contributed by atoms with E-state index < -0.39 is 15.6 Å². The molecule has 24 heavy (non-hydrogen) atoms. The first-order valence-corrected chi connectivity index (χ1v) is 9.58. The second-order valence-electron chi connectivity index (χ2n) is 6.17. The minimum absolute atomic E-state index is 0.0397. The second kappa shape index (κ2) is 6.31. The molecule has 1 aliphatic rings. The van der Waals surface area contributed by atoms with E-state index in [1.807, 2.05) is 25.1 Å². The third kappa shape index (κ3) is 2.99. The highest BCUT2D eigenvalue weighted by atomic mass is 32.2. The summed E-state index contributed by atoms with van der Waals surface area (Å²) in [6, 6.07) is 8.08. The minimum Gasteiger partial charge on any atom is -0.369 e. The number of rotatable bonds is 5. The second-order valence-corrected chi connectivity index (χ2v) is 7.88. The van der Waals surface area contributed by atoms with Crippen LogP contribution in [0.25, 0.3) is 0 Å². The zero-order chi connectivity index (χ0) is 17.4. The van der Waals surface area contributed by atoms with Gasteiger partial charge in [-0.3, -0.25) is 0 Å². The Bertz CT molecular complexity index is 825. The van der Waals surface area contributed by atoms with Crippen LogP contribution in [0.2, 0.25) is 0 Å². The van der Waals surface area contributed by atoms with Gasteiger partial charge in [-0.1, -0.05) is 31.2 Å². The van der Waals surface area contributed by atoms with Crippen molar-refractivity contribution in [2.45, 2.75) is 37.3 Å². The molecule has 0 amide bonds. The number of sulfonamides is 1. The third-order valence-corrected chi connectivity index (χ3v) is 6.01. The van der Waals surface area contributed by atoms with E-state index in [4.69, 9.17) is 4.74 Å². The first-order valence-electron chi connectivity index (χ1n) is 8.10. The van der Waals surface area contributed by atoms with Gasteiger partial charge in [-0.05, 0) is 30.9 Å². The van der Waals surface area contributed by atoms with E-state index >= 15 is 0 Å². The summed E-state index contributed by atoms with van der Waals surface area (Å²) < 4.78 is 35.6. The van der Waals surface area contributed by atoms with Gasteiger partial charge in [0, 0.05) is 19.8 Å². The normalized spacial score (nSPS) is 20.8. The number of aromatic nitrogens is 2. The molecule has 1 aromatic heterocycles. The molecule has 2 heterocycles. The molecular formula is C17H23N3O3S. The molecule has 1 aromatic carbocycles. The summed E-state index contributed by atoms with van der Waals surface area (Å²) in [5.41, 5.74) is 1.66. The number of fused-ring (bicyclic) bond motifs is 1. The van der Waals surface area contributed by atoms with Gasteiger partial charge in [0.15, 0.2) is 5.03 Å². The van der Waals surface area contributed by atoms with Crippen molar-refractivity contribution in [3.05, 3.63) is 47.4 Å². The molecule has 0 fully saturated rings. The Hall–Kier alpha value is -1.70. The van der Waals surface area contributed by atoms with Crippen molar-refractivity contribution in [1.29, 1.82) is 0 Å². The summed E-state index contributed by atoms with van der Waals surface area (Å²) in [7, 11) is -1.90. The summed E-state index contributed by atoms with van der Waals surface area (Å²) in [4.78, 5) is 4.11. The molecule has 0 bridgehead atoms. The van der Waals surface area contributed by atoms with Crippen LogP contribution in [0, 0.1) is 6.92 Å². The van der Waals surface area contributed by atoms with Crippen LogP contribution in [0.15, 0.2) is 35.5 Å². The van der Waals surface area contributed by atoms with Gasteiger partial charge >= 0.3 is 0 Å². The van der Waals surface area contributed by atoms with Gasteiger partial charge < -0.3 is 9.30 Å². The summed E-state index contributed by atoms with van der Waals surface area (Å²) in [6.07, 6.45) is 3.06. The smallest absolute Gasteiger partial charge is 0.259 e. The van der Waals surface area contributed by atoms with Crippen LogP contribution in [0.4, 0.5) is 0 Å². The molecule has 0 saturated carbocycles. The van der Waals surface area contributed by atoms with E-state index in [0.717, 1.165) is 12.0 Å². The fraction of sp³-hybridized carbons (Fsp3) is 0.471. The van der Waals surface area contributed by atoms with Crippen LogP contribution in [-0.2, 0) is 33.8 Å². The lowest BCUT2D eigenvalue weighted by molar-refractivity contribution is -0.0587. The molecule has 0 radical (unpaired) electrons. The van der Waals surface area contributed by atoms with Crippen LogP contribution < -0.4 is 4.72 Å². The predicted molar refractivity (Wildman–Crippen MR) is 91.2 cm³/mol. The van der Waals surface area contributed by atoms with Crippen LogP contribution in [-0.4, -0.2) is 31.1 Å². The fourth-order valence-corrected chi connectivity index (χ4v) is 4.24. The number of hydrogen-bond acceptors (Lipinski definition) is 4. The number of imidazole rings is 1. The maximum atomic E-state index is 12.6. The Labute approximate surface area is 142 Å². The molecule has 130 valence electrons. The summed E-state index contributed by atoms with van der Waals surface area (Å²) >= 11 is 0. The topological polar surface area (TPSA) is 73.2 Å². The standard InChI is InChI=1S/C17H23N3O3S/c1-4-17(15-8-6-5-7-14(15)9-10-23-17)12-18-24(21,22)16-11-20(3)13(2)19-16/h5-8,11,18H,4,9-10,12H2,1-3H3. The van der Waals surface area contributed by atoms with E-state index in [-0.39, 0.29) is 11.6 Å². The van der Waals surface area contributed by atoms with Gasteiger partial charge in [0.1, 0.15) is 11.4 Å². The molecule has 3 rings (SSSR count). The highest BCUT2D eigenvalue weighted by molar-refractivity contribution is 7.89. The Kier molecular flexibility index (Phi) is 4.50. The number of benzene rings is 1. The number of nitrogens with zero attached hydrogens (tertiary/aromatic N) is 2. The first kappa shape index (κ1) is 17.1. The van der Waals surface area contributed by atoms with Crippen molar-refractivity contribution >= 4 is 10.0 Å². The summed E-state index contributed by atoms with van der Waals surface area (Å²) in [5, 5.41) is 0.0397. The SMILES string of the molecule is CCC1(CNS(=O)(=O)c2cn(C)c(C)n2)OCCc2ccccc21. The van der Waals surface area contributed by atoms with Crippen LogP contribution in [0.3, 0.4) is 0 Å². The highest BCUT2D eigenvalue weighted by Crippen LogP contribution is 2.35. The Balaban J connectivity index is 1.87. The quantitative estimate of drug-likeness (QED) is 0.895. The lowest BCUT2D eigenvalue weighted by Crippen LogP contribution is -2.45.